The Bertz CT molecular complexity index is 410. The van der Waals surface area contributed by atoms with Crippen LogP contribution in [0.1, 0.15) is 43.3 Å². The van der Waals surface area contributed by atoms with Crippen LogP contribution in [-0.4, -0.2) is 34.3 Å². The van der Waals surface area contributed by atoms with Crippen molar-refractivity contribution in [1.29, 1.82) is 0 Å². The van der Waals surface area contributed by atoms with Gasteiger partial charge in [-0.15, -0.1) is 0 Å². The van der Waals surface area contributed by atoms with Gasteiger partial charge < -0.3 is 5.73 Å². The van der Waals surface area contributed by atoms with E-state index in [9.17, 15) is 0 Å². The Morgan fingerprint density at radius 2 is 2.17 bits per heavy atom. The zero-order valence-electron chi connectivity index (χ0n) is 12.1. The monoisotopic (exact) mass is 250 g/mol. The van der Waals surface area contributed by atoms with E-state index in [1.54, 1.807) is 0 Å². The number of hydrogen-bond acceptors (Lipinski definition) is 3. The van der Waals surface area contributed by atoms with Crippen molar-refractivity contribution in [2.24, 2.45) is 11.7 Å². The topological polar surface area (TPSA) is 47.1 Å². The maximum atomic E-state index is 5.78. The summed E-state index contributed by atoms with van der Waals surface area (Å²) in [5, 5.41) is 4.63. The van der Waals surface area contributed by atoms with Gasteiger partial charge >= 0.3 is 0 Å². The number of aromatic nitrogens is 2. The fourth-order valence-electron chi connectivity index (χ4n) is 3.21. The Hall–Kier alpha value is -0.870. The first kappa shape index (κ1) is 13.6. The summed E-state index contributed by atoms with van der Waals surface area (Å²) >= 11 is 0. The minimum Gasteiger partial charge on any atom is -0.330 e. The number of nitrogens with two attached hydrogens (primary N) is 1. The number of likely N-dealkylation sites (tertiary alicyclic amines) is 1. The Balaban J connectivity index is 2.19. The van der Waals surface area contributed by atoms with E-state index in [0.29, 0.717) is 12.0 Å². The molecule has 0 spiro atoms. The highest BCUT2D eigenvalue weighted by molar-refractivity contribution is 5.28. The molecule has 0 bridgehead atoms. The third kappa shape index (κ3) is 2.31. The van der Waals surface area contributed by atoms with Gasteiger partial charge in [0.25, 0.3) is 0 Å². The molecule has 1 fully saturated rings. The highest BCUT2D eigenvalue weighted by atomic mass is 15.3. The van der Waals surface area contributed by atoms with Crippen molar-refractivity contribution in [3.05, 3.63) is 17.0 Å². The van der Waals surface area contributed by atoms with Gasteiger partial charge in [0.05, 0.1) is 5.69 Å². The summed E-state index contributed by atoms with van der Waals surface area (Å²) < 4.78 is 2.11. The van der Waals surface area contributed by atoms with E-state index in [2.05, 4.69) is 42.4 Å². The molecule has 18 heavy (non-hydrogen) atoms. The quantitative estimate of drug-likeness (QED) is 0.887. The number of nitrogens with zero attached hydrogens (tertiary/aromatic N) is 3. The Labute approximate surface area is 110 Å². The molecule has 1 aliphatic heterocycles. The van der Waals surface area contributed by atoms with Crippen LogP contribution in [0.15, 0.2) is 0 Å². The van der Waals surface area contributed by atoms with Crippen LogP contribution < -0.4 is 5.73 Å². The van der Waals surface area contributed by atoms with Gasteiger partial charge in [0.15, 0.2) is 0 Å². The summed E-state index contributed by atoms with van der Waals surface area (Å²) in [6.07, 6.45) is 1.24. The van der Waals surface area contributed by atoms with Gasteiger partial charge in [0.1, 0.15) is 0 Å². The predicted octanol–water partition coefficient (Wildman–Crippen LogP) is 1.86. The fourth-order valence-corrected chi connectivity index (χ4v) is 3.21. The summed E-state index contributed by atoms with van der Waals surface area (Å²) in [6, 6.07) is 0.460. The van der Waals surface area contributed by atoms with Gasteiger partial charge in [-0.05, 0) is 53.1 Å². The molecule has 102 valence electrons. The molecule has 0 aromatic carbocycles. The second-order valence-electron chi connectivity index (χ2n) is 5.46. The number of rotatable bonds is 4. The SMILES string of the molecule is CCn1nc(C)c(C(C)N2CCC(CN)C2)c1C. The summed E-state index contributed by atoms with van der Waals surface area (Å²) in [4.78, 5) is 2.55. The fraction of sp³-hybridized carbons (Fsp3) is 0.786. The standard InChI is InChI=1S/C14H26N4/c1-5-18-12(4)14(10(2)16-18)11(3)17-7-6-13(8-15)9-17/h11,13H,5-9,15H2,1-4H3. The molecule has 1 saturated heterocycles. The third-order valence-electron chi connectivity index (χ3n) is 4.35. The van der Waals surface area contributed by atoms with E-state index in [0.717, 1.165) is 19.6 Å². The van der Waals surface area contributed by atoms with Gasteiger partial charge in [-0.3, -0.25) is 9.58 Å². The first-order chi connectivity index (χ1) is 8.58. The van der Waals surface area contributed by atoms with Crippen molar-refractivity contribution in [3.63, 3.8) is 0 Å². The lowest BCUT2D eigenvalue weighted by atomic mass is 10.1. The largest absolute Gasteiger partial charge is 0.330 e. The van der Waals surface area contributed by atoms with Gasteiger partial charge in [-0.25, -0.2) is 0 Å². The van der Waals surface area contributed by atoms with Gasteiger partial charge in [-0.1, -0.05) is 0 Å². The lowest BCUT2D eigenvalue weighted by molar-refractivity contribution is 0.252. The molecule has 0 amide bonds. The number of aryl methyl sites for hydroxylation is 2. The Kier molecular flexibility index (Phi) is 4.07. The normalized spacial score (nSPS) is 22.6. The van der Waals surface area contributed by atoms with E-state index < -0.39 is 0 Å². The van der Waals surface area contributed by atoms with Gasteiger partial charge in [-0.2, -0.15) is 5.10 Å². The average Bonchev–Trinajstić information content (AvgIpc) is 2.93. The van der Waals surface area contributed by atoms with Crippen LogP contribution in [0.3, 0.4) is 0 Å². The maximum absolute atomic E-state index is 5.78. The molecule has 4 heteroatoms. The first-order valence-electron chi connectivity index (χ1n) is 7.06. The summed E-state index contributed by atoms with van der Waals surface area (Å²) in [7, 11) is 0. The van der Waals surface area contributed by atoms with Crippen LogP contribution in [0.25, 0.3) is 0 Å². The second kappa shape index (κ2) is 5.41. The lowest BCUT2D eigenvalue weighted by Crippen LogP contribution is -2.27. The molecule has 0 aliphatic carbocycles. The van der Waals surface area contributed by atoms with E-state index in [-0.39, 0.29) is 0 Å². The van der Waals surface area contributed by atoms with Crippen LogP contribution in [0.4, 0.5) is 0 Å². The van der Waals surface area contributed by atoms with E-state index >= 15 is 0 Å². The van der Waals surface area contributed by atoms with Crippen molar-refractivity contribution in [2.75, 3.05) is 19.6 Å². The minimum absolute atomic E-state index is 0.460. The second-order valence-corrected chi connectivity index (χ2v) is 5.46. The lowest BCUT2D eigenvalue weighted by Gasteiger charge is -2.25. The average molecular weight is 250 g/mol. The third-order valence-corrected chi connectivity index (χ3v) is 4.35. The summed E-state index contributed by atoms with van der Waals surface area (Å²) in [5.74, 6) is 0.675. The predicted molar refractivity (Wildman–Crippen MR) is 74.5 cm³/mol. The van der Waals surface area contributed by atoms with Crippen LogP contribution in [-0.2, 0) is 6.54 Å². The molecule has 2 unspecified atom stereocenters. The molecule has 2 N–H and O–H groups in total. The molecule has 1 aromatic rings. The van der Waals surface area contributed by atoms with Crippen LogP contribution >= 0.6 is 0 Å². The zero-order valence-corrected chi connectivity index (χ0v) is 12.1. The van der Waals surface area contributed by atoms with Crippen molar-refractivity contribution >= 4 is 0 Å². The summed E-state index contributed by atoms with van der Waals surface area (Å²) in [5.41, 5.74) is 9.69. The molecule has 2 rings (SSSR count). The van der Waals surface area contributed by atoms with Gasteiger partial charge in [0.2, 0.25) is 0 Å². The van der Waals surface area contributed by atoms with E-state index in [1.807, 2.05) is 0 Å². The smallest absolute Gasteiger partial charge is 0.0644 e. The van der Waals surface area contributed by atoms with Crippen molar-refractivity contribution in [2.45, 2.75) is 46.7 Å². The molecule has 0 radical (unpaired) electrons. The van der Waals surface area contributed by atoms with Crippen molar-refractivity contribution in [3.8, 4) is 0 Å². The molecule has 1 aromatic heterocycles. The van der Waals surface area contributed by atoms with Crippen molar-refractivity contribution in [1.82, 2.24) is 14.7 Å². The molecule has 1 aliphatic rings. The van der Waals surface area contributed by atoms with Crippen LogP contribution in [0.2, 0.25) is 0 Å². The van der Waals surface area contributed by atoms with E-state index in [1.165, 1.54) is 29.9 Å². The molecule has 2 atom stereocenters. The summed E-state index contributed by atoms with van der Waals surface area (Å²) in [6.45, 7) is 12.8. The number of hydrogen-bond donors (Lipinski definition) is 1. The molecular formula is C14H26N4. The van der Waals surface area contributed by atoms with Crippen LogP contribution in [0.5, 0.6) is 0 Å². The first-order valence-corrected chi connectivity index (χ1v) is 7.06. The molecule has 4 nitrogen and oxygen atoms in total. The van der Waals surface area contributed by atoms with Gasteiger partial charge in [0, 0.05) is 30.4 Å². The molecule has 2 heterocycles. The molecular weight excluding hydrogens is 224 g/mol. The molecule has 0 saturated carbocycles. The highest BCUT2D eigenvalue weighted by Crippen LogP contribution is 2.30. The highest BCUT2D eigenvalue weighted by Gasteiger charge is 2.28. The van der Waals surface area contributed by atoms with Crippen LogP contribution in [0, 0.1) is 19.8 Å². The Morgan fingerprint density at radius 1 is 1.44 bits per heavy atom. The zero-order chi connectivity index (χ0) is 13.3. The Morgan fingerprint density at radius 3 is 2.67 bits per heavy atom. The van der Waals surface area contributed by atoms with Crippen molar-refractivity contribution < 1.29 is 0 Å². The minimum atomic E-state index is 0.460. The maximum Gasteiger partial charge on any atom is 0.0644 e. The van der Waals surface area contributed by atoms with E-state index in [4.69, 9.17) is 5.73 Å².